The Labute approximate surface area is 385 Å². The van der Waals surface area contributed by atoms with Gasteiger partial charge in [-0.15, -0.1) is 0 Å². The number of nitrogens with zero attached hydrogens (tertiary/aromatic N) is 9. The molecular formula is C48H62N12O6. The van der Waals surface area contributed by atoms with Crippen LogP contribution in [0.4, 0.5) is 22.1 Å². The van der Waals surface area contributed by atoms with Gasteiger partial charge < -0.3 is 40.4 Å². The van der Waals surface area contributed by atoms with E-state index < -0.39 is 17.9 Å². The molecule has 9 rings (SSSR count). The Hall–Kier alpha value is -6.14. The number of aromatic nitrogens is 2. The zero-order chi connectivity index (χ0) is 46.1. The molecule has 18 nitrogen and oxygen atoms in total. The van der Waals surface area contributed by atoms with Crippen molar-refractivity contribution in [2.24, 2.45) is 5.73 Å². The Morgan fingerprint density at radius 3 is 2.36 bits per heavy atom. The van der Waals surface area contributed by atoms with Crippen LogP contribution in [0.25, 0.3) is 0 Å². The molecule has 6 aliphatic heterocycles. The maximum absolute atomic E-state index is 13.6. The van der Waals surface area contributed by atoms with Crippen LogP contribution in [-0.2, 0) is 32.8 Å². The molecule has 18 heteroatoms. The monoisotopic (exact) mass is 902 g/mol. The van der Waals surface area contributed by atoms with E-state index in [1.807, 2.05) is 41.1 Å². The lowest BCUT2D eigenvalue weighted by atomic mass is 9.74. The molecule has 350 valence electrons. The van der Waals surface area contributed by atoms with E-state index >= 15 is 0 Å². The van der Waals surface area contributed by atoms with Gasteiger partial charge in [-0.2, -0.15) is 0 Å². The van der Waals surface area contributed by atoms with Crippen LogP contribution in [0.1, 0.15) is 89.4 Å². The molecule has 5 fully saturated rings. The number of piperidine rings is 3. The molecule has 2 atom stereocenters. The van der Waals surface area contributed by atoms with Gasteiger partial charge in [0, 0.05) is 96.7 Å². The van der Waals surface area contributed by atoms with E-state index in [1.165, 1.54) is 5.56 Å². The Morgan fingerprint density at radius 2 is 1.65 bits per heavy atom. The van der Waals surface area contributed by atoms with Crippen molar-refractivity contribution >= 4 is 52.9 Å². The minimum Gasteiger partial charge on any atom is -0.364 e. The first-order valence-corrected chi connectivity index (χ1v) is 23.6. The SMILES string of the molecule is CN1CCN([C@@H]2CCCN(c3cnc(C(N)=O)c(Nc4ccc(C5(C)CCN(C(=O)CN6CCN(CCCc7cccc8c7CN(C7CCC(=O)NC7=O)C8=O)CC6)CC5)cc4)n3)C2)C1=O. The number of likely N-dealkylation sites (N-methyl/N-ethyl adjacent to an activating group) is 1. The highest BCUT2D eigenvalue weighted by atomic mass is 16.2. The second-order valence-corrected chi connectivity index (χ2v) is 19.1. The largest absolute Gasteiger partial charge is 0.364 e. The molecular weight excluding hydrogens is 841 g/mol. The van der Waals surface area contributed by atoms with Crippen molar-refractivity contribution in [3.05, 3.63) is 76.6 Å². The normalized spacial score (nSPS) is 22.8. The van der Waals surface area contributed by atoms with E-state index in [1.54, 1.807) is 16.0 Å². The number of aryl methyl sites for hydroxylation is 1. The first-order valence-electron chi connectivity index (χ1n) is 23.6. The van der Waals surface area contributed by atoms with Gasteiger partial charge in [-0.3, -0.25) is 34.2 Å². The molecule has 2 aromatic carbocycles. The number of carbonyl (C=O) groups is 6. The number of urea groups is 1. The maximum atomic E-state index is 13.6. The number of hydrogen-bond donors (Lipinski definition) is 3. The summed E-state index contributed by atoms with van der Waals surface area (Å²) in [7, 11) is 1.83. The quantitative estimate of drug-likeness (QED) is 0.212. The van der Waals surface area contributed by atoms with Gasteiger partial charge in [-0.1, -0.05) is 31.2 Å². The Morgan fingerprint density at radius 1 is 0.894 bits per heavy atom. The minimum atomic E-state index is -0.672. The molecule has 4 N–H and O–H groups in total. The number of nitrogens with two attached hydrogens (primary N) is 1. The molecule has 7 amide bonds. The fourth-order valence-corrected chi connectivity index (χ4v) is 10.7. The van der Waals surface area contributed by atoms with E-state index in [9.17, 15) is 28.8 Å². The second kappa shape index (κ2) is 19.0. The van der Waals surface area contributed by atoms with Crippen molar-refractivity contribution < 1.29 is 28.8 Å². The summed E-state index contributed by atoms with van der Waals surface area (Å²) in [4.78, 5) is 99.5. The van der Waals surface area contributed by atoms with Gasteiger partial charge >= 0.3 is 6.03 Å². The first-order chi connectivity index (χ1) is 31.8. The molecule has 1 unspecified atom stereocenters. The summed E-state index contributed by atoms with van der Waals surface area (Å²) in [6.07, 6.45) is 7.49. The highest BCUT2D eigenvalue weighted by molar-refractivity contribution is 6.05. The molecule has 66 heavy (non-hydrogen) atoms. The summed E-state index contributed by atoms with van der Waals surface area (Å²) < 4.78 is 0. The van der Waals surface area contributed by atoms with Gasteiger partial charge in [0.15, 0.2) is 11.5 Å². The Kier molecular flexibility index (Phi) is 13.0. The third kappa shape index (κ3) is 9.43. The van der Waals surface area contributed by atoms with Gasteiger partial charge in [0.25, 0.3) is 11.8 Å². The molecule has 5 saturated heterocycles. The first kappa shape index (κ1) is 45.0. The summed E-state index contributed by atoms with van der Waals surface area (Å²) in [6.45, 7) is 11.7. The number of primary amides is 1. The lowest BCUT2D eigenvalue weighted by Gasteiger charge is -2.41. The summed E-state index contributed by atoms with van der Waals surface area (Å²) in [5.74, 6) is -0.400. The average Bonchev–Trinajstić information content (AvgIpc) is 3.84. The van der Waals surface area contributed by atoms with Crippen molar-refractivity contribution in [1.29, 1.82) is 0 Å². The molecule has 3 aromatic rings. The lowest BCUT2D eigenvalue weighted by molar-refractivity contribution is -0.137. The predicted molar refractivity (Wildman–Crippen MR) is 247 cm³/mol. The highest BCUT2D eigenvalue weighted by Crippen LogP contribution is 2.37. The lowest BCUT2D eigenvalue weighted by Crippen LogP contribution is -2.52. The van der Waals surface area contributed by atoms with Crippen molar-refractivity contribution in [3.63, 3.8) is 0 Å². The molecule has 0 radical (unpaired) electrons. The van der Waals surface area contributed by atoms with Crippen LogP contribution in [0, 0.1) is 0 Å². The van der Waals surface area contributed by atoms with E-state index in [-0.39, 0.29) is 47.3 Å². The highest BCUT2D eigenvalue weighted by Gasteiger charge is 2.40. The van der Waals surface area contributed by atoms with Crippen LogP contribution in [0.15, 0.2) is 48.7 Å². The number of anilines is 3. The third-order valence-electron chi connectivity index (χ3n) is 14.9. The van der Waals surface area contributed by atoms with Gasteiger partial charge in [0.05, 0.1) is 18.8 Å². The molecule has 0 saturated carbocycles. The second-order valence-electron chi connectivity index (χ2n) is 19.1. The number of amides is 7. The Bertz CT molecular complexity index is 2360. The standard InChI is InChI=1S/C48H62N12O6/c1-48(33-10-12-34(13-11-33)51-44-42(43(49)63)50-28-39(52-44)58-19-5-8-35(29-58)59-27-22-54(2)47(59)66)16-20-57(21-17-48)41(62)31-56-25-23-55(24-26-56)18-4-7-32-6-3-9-36-37(32)30-60(46(36)65)38-14-15-40(61)53-45(38)64/h3,6,9-13,28,35,38H,4-5,7-8,14-27,29-31H2,1-2H3,(H2,49,63)(H,51,52)(H,53,61,64)/t35-,38?/m1/s1. The summed E-state index contributed by atoms with van der Waals surface area (Å²) in [5.41, 5.74) is 10.4. The van der Waals surface area contributed by atoms with Crippen molar-refractivity contribution in [1.82, 2.24) is 44.7 Å². The topological polar surface area (TPSA) is 201 Å². The van der Waals surface area contributed by atoms with Gasteiger partial charge in [0.1, 0.15) is 11.9 Å². The van der Waals surface area contributed by atoms with Crippen LogP contribution < -0.4 is 21.3 Å². The number of rotatable bonds is 13. The number of carbonyl (C=O) groups excluding carboxylic acids is 6. The van der Waals surface area contributed by atoms with Crippen LogP contribution >= 0.6 is 0 Å². The van der Waals surface area contributed by atoms with E-state index in [4.69, 9.17) is 10.7 Å². The number of nitrogens with one attached hydrogen (secondary N) is 2. The molecule has 0 bridgehead atoms. The van der Waals surface area contributed by atoms with Gasteiger partial charge in [-0.05, 0) is 91.8 Å². The summed E-state index contributed by atoms with van der Waals surface area (Å²) in [5, 5.41) is 5.67. The van der Waals surface area contributed by atoms with Crippen molar-refractivity contribution in [2.45, 2.75) is 82.3 Å². The number of imide groups is 1. The van der Waals surface area contributed by atoms with Crippen LogP contribution in [0.5, 0.6) is 0 Å². The Balaban J connectivity index is 0.719. The van der Waals surface area contributed by atoms with Crippen LogP contribution in [-0.4, -0.2) is 173 Å². The molecule has 0 spiro atoms. The van der Waals surface area contributed by atoms with Crippen molar-refractivity contribution in [3.8, 4) is 0 Å². The van der Waals surface area contributed by atoms with Crippen LogP contribution in [0.3, 0.4) is 0 Å². The van der Waals surface area contributed by atoms with E-state index in [0.717, 1.165) is 101 Å². The smallest absolute Gasteiger partial charge is 0.320 e. The van der Waals surface area contributed by atoms with Crippen LogP contribution in [0.2, 0.25) is 0 Å². The fraction of sp³-hybridized carbons (Fsp3) is 0.542. The van der Waals surface area contributed by atoms with Gasteiger partial charge in [0.2, 0.25) is 17.7 Å². The minimum absolute atomic E-state index is 0.0563. The maximum Gasteiger partial charge on any atom is 0.320 e. The number of piperazine rings is 1. The predicted octanol–water partition coefficient (Wildman–Crippen LogP) is 2.55. The summed E-state index contributed by atoms with van der Waals surface area (Å²) >= 11 is 0. The molecule has 6 aliphatic rings. The fourth-order valence-electron chi connectivity index (χ4n) is 10.7. The number of fused-ring (bicyclic) bond motifs is 1. The number of benzene rings is 2. The third-order valence-corrected chi connectivity index (χ3v) is 14.9. The van der Waals surface area contributed by atoms with E-state index in [0.29, 0.717) is 62.9 Å². The van der Waals surface area contributed by atoms with Gasteiger partial charge in [-0.25, -0.2) is 14.8 Å². The average molecular weight is 903 g/mol. The zero-order valence-electron chi connectivity index (χ0n) is 38.2. The zero-order valence-corrected chi connectivity index (χ0v) is 38.2. The molecule has 7 heterocycles. The van der Waals surface area contributed by atoms with E-state index in [2.05, 4.69) is 55.4 Å². The molecule has 1 aromatic heterocycles. The number of hydrogen-bond acceptors (Lipinski definition) is 12. The van der Waals surface area contributed by atoms with Crippen molar-refractivity contribution in [2.75, 3.05) is 95.8 Å². The summed E-state index contributed by atoms with van der Waals surface area (Å²) in [6, 6.07) is 13.5. The molecule has 0 aliphatic carbocycles. The number of likely N-dealkylation sites (tertiary alicyclic amines) is 1.